The van der Waals surface area contributed by atoms with Crippen LogP contribution in [-0.2, 0) is 9.59 Å². The number of piperidine rings is 1. The summed E-state index contributed by atoms with van der Waals surface area (Å²) in [7, 11) is 1.87. The molecule has 0 bridgehead atoms. The lowest BCUT2D eigenvalue weighted by atomic mass is 10.0. The minimum atomic E-state index is -0.679. The number of carbonyl (C=O) groups excluding carboxylic acids is 2. The minimum Gasteiger partial charge on any atom is -0.480 e. The van der Waals surface area contributed by atoms with Gasteiger partial charge in [-0.1, -0.05) is 24.6 Å². The van der Waals surface area contributed by atoms with Gasteiger partial charge >= 0.3 is 5.97 Å². The van der Waals surface area contributed by atoms with E-state index in [2.05, 4.69) is 4.98 Å². The summed E-state index contributed by atoms with van der Waals surface area (Å²) in [5, 5.41) is 9.46. The molecule has 1 aliphatic rings. The molecule has 1 unspecified atom stereocenters. The van der Waals surface area contributed by atoms with Crippen LogP contribution < -0.4 is 0 Å². The molecule has 6 nitrogen and oxygen atoms in total. The topological polar surface area (TPSA) is 90.5 Å². The summed E-state index contributed by atoms with van der Waals surface area (Å²) in [6.07, 6.45) is 4.89. The van der Waals surface area contributed by atoms with Crippen molar-refractivity contribution in [3.05, 3.63) is 36.0 Å². The molecule has 0 radical (unpaired) electrons. The lowest BCUT2D eigenvalue weighted by Crippen LogP contribution is -2.41. The Morgan fingerprint density at radius 1 is 1.30 bits per heavy atom. The summed E-state index contributed by atoms with van der Waals surface area (Å²) in [6.45, 7) is 0.928. The molecule has 6 heteroatoms. The van der Waals surface area contributed by atoms with Gasteiger partial charge in [-0.2, -0.15) is 0 Å². The van der Waals surface area contributed by atoms with E-state index in [-0.39, 0.29) is 6.04 Å². The third-order valence-electron chi connectivity index (χ3n) is 4.02. The molecule has 2 heterocycles. The van der Waals surface area contributed by atoms with Crippen molar-refractivity contribution in [2.24, 2.45) is 0 Å². The van der Waals surface area contributed by atoms with Crippen molar-refractivity contribution in [3.8, 4) is 0 Å². The summed E-state index contributed by atoms with van der Waals surface area (Å²) in [4.78, 5) is 36.7. The first-order valence-corrected chi connectivity index (χ1v) is 7.53. The number of aromatic amines is 1. The molecule has 1 fully saturated rings. The van der Waals surface area contributed by atoms with E-state index in [1.807, 2.05) is 36.2 Å². The maximum atomic E-state index is 11.1. The number of carboxylic acids is 1. The number of fused-ring (bicyclic) bond motifs is 1. The van der Waals surface area contributed by atoms with Gasteiger partial charge in [-0.05, 0) is 32.5 Å². The molecule has 122 valence electrons. The fourth-order valence-electron chi connectivity index (χ4n) is 2.73. The molecule has 2 aromatic rings. The van der Waals surface area contributed by atoms with Gasteiger partial charge in [-0.15, -0.1) is 0 Å². The van der Waals surface area contributed by atoms with Gasteiger partial charge < -0.3 is 10.1 Å². The number of para-hydroxylation sites is 1. The third-order valence-corrected chi connectivity index (χ3v) is 4.02. The molecule has 0 amide bonds. The first kappa shape index (κ1) is 16.9. The Labute approximate surface area is 134 Å². The standard InChI is InChI=1S/C10H7NO2.C7H13NO2/c12-6-10(13)8-5-11-9-4-2-1-3-7(8)9;1-8-5-3-2-4-6(8)7(9)10/h1-6,11H;6H,2-5H2,1H3,(H,9,10). The molecule has 1 aromatic carbocycles. The first-order valence-electron chi connectivity index (χ1n) is 7.53. The van der Waals surface area contributed by atoms with Crippen molar-refractivity contribution in [1.29, 1.82) is 0 Å². The number of aliphatic carboxylic acids is 1. The number of hydrogen-bond donors (Lipinski definition) is 2. The van der Waals surface area contributed by atoms with E-state index in [0.717, 1.165) is 36.7 Å². The maximum Gasteiger partial charge on any atom is 0.320 e. The van der Waals surface area contributed by atoms with Crippen molar-refractivity contribution in [2.45, 2.75) is 25.3 Å². The zero-order valence-electron chi connectivity index (χ0n) is 13.0. The highest BCUT2D eigenvalue weighted by Gasteiger charge is 2.24. The second-order valence-electron chi connectivity index (χ2n) is 5.56. The van der Waals surface area contributed by atoms with Gasteiger partial charge in [0.05, 0.1) is 5.56 Å². The Morgan fingerprint density at radius 2 is 2.04 bits per heavy atom. The number of carbonyl (C=O) groups is 3. The number of hydrogen-bond acceptors (Lipinski definition) is 4. The molecule has 1 atom stereocenters. The van der Waals surface area contributed by atoms with Crippen molar-refractivity contribution in [3.63, 3.8) is 0 Å². The first-order chi connectivity index (χ1) is 11.0. The second-order valence-corrected chi connectivity index (χ2v) is 5.56. The average molecular weight is 316 g/mol. The Kier molecular flexibility index (Phi) is 5.65. The Bertz CT molecular complexity index is 707. The molecule has 3 rings (SSSR count). The summed E-state index contributed by atoms with van der Waals surface area (Å²) in [5.74, 6) is -1.17. The number of rotatable bonds is 3. The van der Waals surface area contributed by atoms with Crippen LogP contribution in [0, 0.1) is 0 Å². The minimum absolute atomic E-state index is 0.228. The summed E-state index contributed by atoms with van der Waals surface area (Å²) >= 11 is 0. The maximum absolute atomic E-state index is 11.1. The molecule has 0 saturated carbocycles. The summed E-state index contributed by atoms with van der Waals surface area (Å²) in [6, 6.07) is 7.14. The Balaban J connectivity index is 0.000000174. The predicted molar refractivity (Wildman–Crippen MR) is 86.6 cm³/mol. The summed E-state index contributed by atoms with van der Waals surface area (Å²) in [5.41, 5.74) is 1.30. The smallest absolute Gasteiger partial charge is 0.320 e. The number of carboxylic acid groups (broad SMARTS) is 1. The van der Waals surface area contributed by atoms with Gasteiger partial charge in [0.15, 0.2) is 6.29 Å². The molecule has 0 spiro atoms. The molecule has 1 aromatic heterocycles. The van der Waals surface area contributed by atoms with Crippen molar-refractivity contribution in [2.75, 3.05) is 13.6 Å². The van der Waals surface area contributed by atoms with Crippen LogP contribution in [0.4, 0.5) is 0 Å². The number of ketones is 1. The van der Waals surface area contributed by atoms with Gasteiger partial charge in [0.2, 0.25) is 5.78 Å². The lowest BCUT2D eigenvalue weighted by Gasteiger charge is -2.28. The SMILES string of the molecule is CN1CCCCC1C(=O)O.O=CC(=O)c1c[nH]c2ccccc12. The number of aromatic nitrogens is 1. The van der Waals surface area contributed by atoms with Crippen LogP contribution in [0.2, 0.25) is 0 Å². The van der Waals surface area contributed by atoms with Crippen molar-refractivity contribution >= 4 is 28.9 Å². The lowest BCUT2D eigenvalue weighted by molar-refractivity contribution is -0.143. The average Bonchev–Trinajstić information content (AvgIpc) is 2.99. The van der Waals surface area contributed by atoms with E-state index >= 15 is 0 Å². The number of H-pyrrole nitrogens is 1. The van der Waals surface area contributed by atoms with Crippen LogP contribution in [-0.4, -0.2) is 52.7 Å². The zero-order valence-corrected chi connectivity index (χ0v) is 13.0. The number of benzene rings is 1. The molecule has 2 N–H and O–H groups in total. The van der Waals surface area contributed by atoms with Gasteiger partial charge in [0, 0.05) is 17.1 Å². The van der Waals surface area contributed by atoms with Gasteiger partial charge in [0.25, 0.3) is 0 Å². The number of nitrogens with zero attached hydrogens (tertiary/aromatic N) is 1. The van der Waals surface area contributed by atoms with E-state index in [1.54, 1.807) is 6.20 Å². The Hall–Kier alpha value is -2.47. The molecule has 0 aliphatic carbocycles. The Morgan fingerprint density at radius 3 is 2.65 bits per heavy atom. The van der Waals surface area contributed by atoms with Crippen LogP contribution in [0.3, 0.4) is 0 Å². The highest BCUT2D eigenvalue weighted by atomic mass is 16.4. The molecule has 23 heavy (non-hydrogen) atoms. The molecular formula is C17H20N2O4. The van der Waals surface area contributed by atoms with E-state index < -0.39 is 11.8 Å². The van der Waals surface area contributed by atoms with Crippen LogP contribution in [0.15, 0.2) is 30.5 Å². The quantitative estimate of drug-likeness (QED) is 0.514. The highest BCUT2D eigenvalue weighted by Crippen LogP contribution is 2.17. The van der Waals surface area contributed by atoms with Crippen LogP contribution in [0.5, 0.6) is 0 Å². The molecular weight excluding hydrogens is 296 g/mol. The zero-order chi connectivity index (χ0) is 16.8. The number of likely N-dealkylation sites (N-methyl/N-ethyl adjacent to an activating group) is 1. The number of nitrogens with one attached hydrogen (secondary N) is 1. The molecule has 1 saturated heterocycles. The van der Waals surface area contributed by atoms with Crippen molar-refractivity contribution in [1.82, 2.24) is 9.88 Å². The van der Waals surface area contributed by atoms with Gasteiger partial charge in [0.1, 0.15) is 6.04 Å². The van der Waals surface area contributed by atoms with Crippen LogP contribution in [0.25, 0.3) is 10.9 Å². The number of Topliss-reactive ketones (excluding diaryl/α,β-unsaturated/α-hetero) is 1. The van der Waals surface area contributed by atoms with E-state index in [1.165, 1.54) is 0 Å². The fraction of sp³-hybridized carbons (Fsp3) is 0.353. The normalized spacial score (nSPS) is 18.0. The predicted octanol–water partition coefficient (Wildman–Crippen LogP) is 2.10. The summed E-state index contributed by atoms with van der Waals surface area (Å²) < 4.78 is 0. The number of likely N-dealkylation sites (tertiary alicyclic amines) is 1. The monoisotopic (exact) mass is 316 g/mol. The van der Waals surface area contributed by atoms with Crippen LogP contribution >= 0.6 is 0 Å². The fourth-order valence-corrected chi connectivity index (χ4v) is 2.73. The van der Waals surface area contributed by atoms with E-state index in [4.69, 9.17) is 5.11 Å². The highest BCUT2D eigenvalue weighted by molar-refractivity contribution is 6.36. The second kappa shape index (κ2) is 7.69. The van der Waals surface area contributed by atoms with Crippen molar-refractivity contribution < 1.29 is 19.5 Å². The van der Waals surface area contributed by atoms with Gasteiger partial charge in [-0.25, -0.2) is 0 Å². The van der Waals surface area contributed by atoms with Crippen LogP contribution in [0.1, 0.15) is 29.6 Å². The van der Waals surface area contributed by atoms with Gasteiger partial charge in [-0.3, -0.25) is 19.3 Å². The largest absolute Gasteiger partial charge is 0.480 e. The molecule has 1 aliphatic heterocycles. The number of aldehydes is 1. The van der Waals surface area contributed by atoms with E-state index in [9.17, 15) is 14.4 Å². The third kappa shape index (κ3) is 4.04. The van der Waals surface area contributed by atoms with E-state index in [0.29, 0.717) is 11.8 Å².